The van der Waals surface area contributed by atoms with Crippen LogP contribution in [0.15, 0.2) is 48.5 Å². The number of anilines is 1. The zero-order valence-electron chi connectivity index (χ0n) is 13.1. The molecule has 1 fully saturated rings. The van der Waals surface area contributed by atoms with E-state index in [0.717, 1.165) is 24.0 Å². The molecule has 0 spiro atoms. The second-order valence-corrected chi connectivity index (χ2v) is 6.58. The maximum Gasteiger partial charge on any atom is 0.303 e. The molecule has 0 heterocycles. The molecule has 4 nitrogen and oxygen atoms in total. The molecule has 0 saturated heterocycles. The van der Waals surface area contributed by atoms with Crippen molar-refractivity contribution in [3.63, 3.8) is 0 Å². The van der Waals surface area contributed by atoms with Crippen molar-refractivity contribution in [1.82, 2.24) is 0 Å². The Morgan fingerprint density at radius 2 is 1.88 bits per heavy atom. The number of carboxylic acids is 1. The lowest BCUT2D eigenvalue weighted by Gasteiger charge is -2.16. The van der Waals surface area contributed by atoms with Crippen LogP contribution >= 0.6 is 11.6 Å². The first-order valence-corrected chi connectivity index (χ1v) is 8.26. The zero-order valence-corrected chi connectivity index (χ0v) is 13.8. The summed E-state index contributed by atoms with van der Waals surface area (Å²) in [5.41, 5.74) is 2.02. The molecule has 1 saturated carbocycles. The summed E-state index contributed by atoms with van der Waals surface area (Å²) in [5.74, 6) is -0.873. The molecule has 24 heavy (non-hydrogen) atoms. The van der Waals surface area contributed by atoms with Gasteiger partial charge in [-0.25, -0.2) is 0 Å². The quantitative estimate of drug-likeness (QED) is 0.832. The van der Waals surface area contributed by atoms with Crippen molar-refractivity contribution in [3.05, 3.63) is 64.7 Å². The van der Waals surface area contributed by atoms with Gasteiger partial charge in [0.15, 0.2) is 0 Å². The average Bonchev–Trinajstić information content (AvgIpc) is 3.35. The van der Waals surface area contributed by atoms with Gasteiger partial charge in [-0.1, -0.05) is 35.9 Å². The molecule has 1 aliphatic carbocycles. The van der Waals surface area contributed by atoms with E-state index in [0.29, 0.717) is 17.1 Å². The lowest BCUT2D eigenvalue weighted by molar-refractivity contribution is -0.137. The van der Waals surface area contributed by atoms with Crippen molar-refractivity contribution >= 4 is 29.2 Å². The molecular weight excluding hydrogens is 326 g/mol. The number of amides is 1. The van der Waals surface area contributed by atoms with Gasteiger partial charge in [0.25, 0.3) is 0 Å². The molecule has 0 aliphatic heterocycles. The molecule has 2 aromatic rings. The number of carbonyl (C=O) groups is 2. The summed E-state index contributed by atoms with van der Waals surface area (Å²) in [6.45, 7) is 0. The highest BCUT2D eigenvalue weighted by molar-refractivity contribution is 6.30. The molecule has 2 aromatic carbocycles. The third kappa shape index (κ3) is 3.60. The molecule has 0 aromatic heterocycles. The van der Waals surface area contributed by atoms with E-state index in [1.165, 1.54) is 0 Å². The molecule has 2 N–H and O–H groups in total. The van der Waals surface area contributed by atoms with Crippen molar-refractivity contribution in [3.8, 4) is 0 Å². The number of rotatable bonds is 6. The van der Waals surface area contributed by atoms with Gasteiger partial charge in [0.2, 0.25) is 5.91 Å². The Hall–Kier alpha value is -2.33. The normalized spacial score (nSPS) is 14.9. The standard InChI is InChI=1S/C19H18ClNO3/c20-15-5-2-4-14(12-15)19(9-10-19)18(24)21-16-6-1-3-13(11-16)7-8-17(22)23/h1-6,11-12H,7-10H2,(H,21,24)(H,22,23). The van der Waals surface area contributed by atoms with Crippen LogP contribution in [-0.2, 0) is 21.4 Å². The van der Waals surface area contributed by atoms with Gasteiger partial charge < -0.3 is 10.4 Å². The fourth-order valence-electron chi connectivity index (χ4n) is 2.86. The predicted molar refractivity (Wildman–Crippen MR) is 93.4 cm³/mol. The summed E-state index contributed by atoms with van der Waals surface area (Å²) < 4.78 is 0. The average molecular weight is 344 g/mol. The Morgan fingerprint density at radius 3 is 2.54 bits per heavy atom. The van der Waals surface area contributed by atoms with E-state index in [2.05, 4.69) is 5.32 Å². The Balaban J connectivity index is 1.73. The minimum atomic E-state index is -0.831. The van der Waals surface area contributed by atoms with Crippen molar-refractivity contribution < 1.29 is 14.7 Å². The van der Waals surface area contributed by atoms with Crippen molar-refractivity contribution in [1.29, 1.82) is 0 Å². The molecule has 1 amide bonds. The topological polar surface area (TPSA) is 66.4 Å². The smallest absolute Gasteiger partial charge is 0.303 e. The van der Waals surface area contributed by atoms with E-state index in [4.69, 9.17) is 16.7 Å². The molecule has 1 aliphatic rings. The number of carbonyl (C=O) groups excluding carboxylic acids is 1. The zero-order chi connectivity index (χ0) is 17.2. The van der Waals surface area contributed by atoms with E-state index >= 15 is 0 Å². The van der Waals surface area contributed by atoms with Gasteiger partial charge in [0.1, 0.15) is 0 Å². The maximum atomic E-state index is 12.7. The monoisotopic (exact) mass is 343 g/mol. The molecule has 0 radical (unpaired) electrons. The van der Waals surface area contributed by atoms with E-state index < -0.39 is 11.4 Å². The van der Waals surface area contributed by atoms with Gasteiger partial charge >= 0.3 is 5.97 Å². The fraction of sp³-hybridized carbons (Fsp3) is 0.263. The summed E-state index contributed by atoms with van der Waals surface area (Å²) in [6.07, 6.45) is 2.12. The first-order valence-electron chi connectivity index (χ1n) is 7.88. The van der Waals surface area contributed by atoms with Crippen LogP contribution in [0.5, 0.6) is 0 Å². The summed E-state index contributed by atoms with van der Waals surface area (Å²) >= 11 is 6.04. The highest BCUT2D eigenvalue weighted by Crippen LogP contribution is 2.49. The van der Waals surface area contributed by atoms with Crippen LogP contribution in [0.3, 0.4) is 0 Å². The van der Waals surface area contributed by atoms with Gasteiger partial charge in [-0.3, -0.25) is 9.59 Å². The summed E-state index contributed by atoms with van der Waals surface area (Å²) in [4.78, 5) is 23.4. The molecule has 0 atom stereocenters. The second kappa shape index (κ2) is 6.65. The highest BCUT2D eigenvalue weighted by Gasteiger charge is 2.51. The van der Waals surface area contributed by atoms with Crippen LogP contribution < -0.4 is 5.32 Å². The molecule has 124 valence electrons. The lowest BCUT2D eigenvalue weighted by Crippen LogP contribution is -2.27. The first-order chi connectivity index (χ1) is 11.5. The number of nitrogens with one attached hydrogen (secondary N) is 1. The Kier molecular flexibility index (Phi) is 4.58. The largest absolute Gasteiger partial charge is 0.481 e. The minimum Gasteiger partial charge on any atom is -0.481 e. The minimum absolute atomic E-state index is 0.0415. The molecular formula is C19H18ClNO3. The van der Waals surface area contributed by atoms with Crippen molar-refractivity contribution in [2.75, 3.05) is 5.32 Å². The molecule has 0 unspecified atom stereocenters. The van der Waals surface area contributed by atoms with Crippen molar-refractivity contribution in [2.24, 2.45) is 0 Å². The van der Waals surface area contributed by atoms with Crippen LogP contribution in [0, 0.1) is 0 Å². The van der Waals surface area contributed by atoms with Crippen LogP contribution in [0.25, 0.3) is 0 Å². The van der Waals surface area contributed by atoms with Crippen LogP contribution in [0.1, 0.15) is 30.4 Å². The highest BCUT2D eigenvalue weighted by atomic mass is 35.5. The van der Waals surface area contributed by atoms with Gasteiger partial charge in [-0.05, 0) is 54.7 Å². The van der Waals surface area contributed by atoms with Gasteiger partial charge in [0.05, 0.1) is 5.41 Å². The lowest BCUT2D eigenvalue weighted by atomic mass is 9.95. The number of carboxylic acid groups (broad SMARTS) is 1. The number of aliphatic carboxylic acids is 1. The number of hydrogen-bond donors (Lipinski definition) is 2. The SMILES string of the molecule is O=C(O)CCc1cccc(NC(=O)C2(c3cccc(Cl)c3)CC2)c1. The molecule has 3 rings (SSSR count). The second-order valence-electron chi connectivity index (χ2n) is 6.14. The Labute approximate surface area is 145 Å². The predicted octanol–water partition coefficient (Wildman–Crippen LogP) is 4.03. The van der Waals surface area contributed by atoms with Gasteiger partial charge in [-0.2, -0.15) is 0 Å². The van der Waals surface area contributed by atoms with Crippen molar-refractivity contribution in [2.45, 2.75) is 31.1 Å². The number of aryl methyl sites for hydroxylation is 1. The van der Waals surface area contributed by atoms with E-state index in [9.17, 15) is 9.59 Å². The number of hydrogen-bond acceptors (Lipinski definition) is 2. The number of halogens is 1. The van der Waals surface area contributed by atoms with E-state index in [-0.39, 0.29) is 12.3 Å². The number of benzene rings is 2. The summed E-state index contributed by atoms with van der Waals surface area (Å²) in [7, 11) is 0. The van der Waals surface area contributed by atoms with E-state index in [1.807, 2.05) is 42.5 Å². The van der Waals surface area contributed by atoms with Crippen LogP contribution in [0.4, 0.5) is 5.69 Å². The van der Waals surface area contributed by atoms with Crippen LogP contribution in [-0.4, -0.2) is 17.0 Å². The maximum absolute atomic E-state index is 12.7. The van der Waals surface area contributed by atoms with Gasteiger partial charge in [0, 0.05) is 17.1 Å². The Bertz CT molecular complexity index is 784. The third-order valence-electron chi connectivity index (χ3n) is 4.37. The molecule has 0 bridgehead atoms. The third-order valence-corrected chi connectivity index (χ3v) is 4.61. The fourth-order valence-corrected chi connectivity index (χ4v) is 3.05. The molecule has 5 heteroatoms. The first kappa shape index (κ1) is 16.5. The van der Waals surface area contributed by atoms with E-state index in [1.54, 1.807) is 6.07 Å². The van der Waals surface area contributed by atoms with Gasteiger partial charge in [-0.15, -0.1) is 0 Å². The summed E-state index contributed by atoms with van der Waals surface area (Å²) in [5, 5.41) is 12.4. The Morgan fingerprint density at radius 1 is 1.12 bits per heavy atom. The van der Waals surface area contributed by atoms with Crippen LogP contribution in [0.2, 0.25) is 5.02 Å². The summed E-state index contributed by atoms with van der Waals surface area (Å²) in [6, 6.07) is 14.8.